The first-order chi connectivity index (χ1) is 16.6. The number of nitrogens with zero attached hydrogens (tertiary/aromatic N) is 1. The lowest BCUT2D eigenvalue weighted by molar-refractivity contribution is -0.186. The van der Waals surface area contributed by atoms with Crippen molar-refractivity contribution in [1.82, 2.24) is 5.32 Å². The number of hydrogen-bond acceptors (Lipinski definition) is 3. The molecule has 4 rings (SSSR count). The largest absolute Gasteiger partial charge is 0.425 e. The first kappa shape index (κ1) is 25.5. The van der Waals surface area contributed by atoms with E-state index < -0.39 is 52.0 Å². The Bertz CT molecular complexity index is 1260. The molecule has 1 aliphatic heterocycles. The van der Waals surface area contributed by atoms with Crippen molar-refractivity contribution in [3.8, 4) is 0 Å². The van der Waals surface area contributed by atoms with E-state index in [0.29, 0.717) is 17.0 Å². The predicted molar refractivity (Wildman–Crippen MR) is 117 cm³/mol. The lowest BCUT2D eigenvalue weighted by Gasteiger charge is -2.35. The molecule has 190 valence electrons. The Morgan fingerprint density at radius 2 is 1.47 bits per heavy atom. The standard InChI is InChI=1S/C25H20F6N2O3/c1-22(2)12-17-19(18(34)13-22)23(25(29,30)31,32-20(35)14-6-4-3-5-7-14)21(36)33(17)16-10-8-15(9-11-16)24(26,27)28/h3-11H,12-13H2,1-2H3,(H,32,35). The van der Waals surface area contributed by atoms with Crippen LogP contribution in [-0.2, 0) is 15.8 Å². The Kier molecular flexibility index (Phi) is 5.81. The molecule has 0 saturated carbocycles. The van der Waals surface area contributed by atoms with Gasteiger partial charge in [0.25, 0.3) is 11.8 Å². The highest BCUT2D eigenvalue weighted by atomic mass is 19.4. The van der Waals surface area contributed by atoms with Crippen LogP contribution in [0.15, 0.2) is 65.9 Å². The summed E-state index contributed by atoms with van der Waals surface area (Å²) in [6, 6.07) is 9.85. The van der Waals surface area contributed by atoms with Crippen molar-refractivity contribution in [2.45, 2.75) is 44.6 Å². The van der Waals surface area contributed by atoms with E-state index in [4.69, 9.17) is 0 Å². The fraction of sp³-hybridized carbons (Fsp3) is 0.320. The van der Waals surface area contributed by atoms with Gasteiger partial charge in [0.15, 0.2) is 5.78 Å². The van der Waals surface area contributed by atoms with Gasteiger partial charge < -0.3 is 5.32 Å². The minimum absolute atomic E-state index is 0.153. The minimum atomic E-state index is -5.44. The second-order valence-corrected chi connectivity index (χ2v) is 9.52. The van der Waals surface area contributed by atoms with Crippen LogP contribution in [0.4, 0.5) is 32.0 Å². The van der Waals surface area contributed by atoms with Crippen molar-refractivity contribution in [3.63, 3.8) is 0 Å². The van der Waals surface area contributed by atoms with Crippen LogP contribution in [0.2, 0.25) is 0 Å². The minimum Gasteiger partial charge on any atom is -0.326 e. The molecule has 0 aromatic heterocycles. The predicted octanol–water partition coefficient (Wildman–Crippen LogP) is 5.43. The van der Waals surface area contributed by atoms with Gasteiger partial charge in [-0.05, 0) is 48.2 Å². The third-order valence-corrected chi connectivity index (χ3v) is 6.24. The average Bonchev–Trinajstić information content (AvgIpc) is 3.01. The smallest absolute Gasteiger partial charge is 0.326 e. The summed E-state index contributed by atoms with van der Waals surface area (Å²) in [6.07, 6.45) is -10.6. The lowest BCUT2D eigenvalue weighted by Crippen LogP contribution is -2.66. The highest BCUT2D eigenvalue weighted by Gasteiger charge is 2.72. The quantitative estimate of drug-likeness (QED) is 0.561. The molecule has 5 nitrogen and oxygen atoms in total. The second kappa shape index (κ2) is 8.21. The van der Waals surface area contributed by atoms with E-state index in [0.717, 1.165) is 12.1 Å². The molecule has 1 atom stereocenters. The molecule has 1 N–H and O–H groups in total. The van der Waals surface area contributed by atoms with Gasteiger partial charge in [-0.1, -0.05) is 32.0 Å². The normalized spacial score (nSPS) is 22.1. The summed E-state index contributed by atoms with van der Waals surface area (Å²) in [6.45, 7) is 3.25. The molecule has 2 aliphatic rings. The summed E-state index contributed by atoms with van der Waals surface area (Å²) in [5.74, 6) is -3.90. The van der Waals surface area contributed by atoms with Crippen molar-refractivity contribution in [3.05, 3.63) is 77.0 Å². The first-order valence-electron chi connectivity index (χ1n) is 10.8. The third-order valence-electron chi connectivity index (χ3n) is 6.24. The van der Waals surface area contributed by atoms with Crippen LogP contribution < -0.4 is 10.2 Å². The fourth-order valence-corrected chi connectivity index (χ4v) is 4.66. The molecule has 0 fully saturated rings. The molecule has 1 aliphatic carbocycles. The Hall–Kier alpha value is -3.63. The summed E-state index contributed by atoms with van der Waals surface area (Å²) < 4.78 is 83.5. The zero-order valence-electron chi connectivity index (χ0n) is 19.1. The van der Waals surface area contributed by atoms with E-state index in [1.807, 2.05) is 0 Å². The maximum absolute atomic E-state index is 14.8. The number of carbonyl (C=O) groups excluding carboxylic acids is 3. The van der Waals surface area contributed by atoms with E-state index in [1.54, 1.807) is 19.2 Å². The van der Waals surface area contributed by atoms with Gasteiger partial charge in [-0.3, -0.25) is 19.3 Å². The number of amides is 2. The highest BCUT2D eigenvalue weighted by Crippen LogP contribution is 2.53. The maximum Gasteiger partial charge on any atom is 0.425 e. The van der Waals surface area contributed by atoms with Crippen LogP contribution in [0.1, 0.15) is 42.6 Å². The number of carbonyl (C=O) groups is 3. The number of halogens is 6. The molecule has 2 amide bonds. The molecule has 11 heteroatoms. The number of ketones is 1. The van der Waals surface area contributed by atoms with Gasteiger partial charge in [-0.2, -0.15) is 26.3 Å². The summed E-state index contributed by atoms with van der Waals surface area (Å²) >= 11 is 0. The fourth-order valence-electron chi connectivity index (χ4n) is 4.66. The number of rotatable bonds is 3. The SMILES string of the molecule is CC1(C)CC(=O)C2=C(C1)N(c1ccc(C(F)(F)F)cc1)C(=O)C2(NC(=O)c1ccccc1)C(F)(F)F. The van der Waals surface area contributed by atoms with Gasteiger partial charge in [0.05, 0.1) is 11.1 Å². The summed E-state index contributed by atoms with van der Waals surface area (Å²) in [4.78, 5) is 40.2. The molecule has 1 heterocycles. The molecule has 0 saturated heterocycles. The summed E-state index contributed by atoms with van der Waals surface area (Å²) in [7, 11) is 0. The van der Waals surface area contributed by atoms with Crippen LogP contribution >= 0.6 is 0 Å². The molecule has 0 radical (unpaired) electrons. The number of benzene rings is 2. The van der Waals surface area contributed by atoms with Gasteiger partial charge in [0, 0.05) is 23.4 Å². The van der Waals surface area contributed by atoms with Gasteiger partial charge in [0.2, 0.25) is 5.54 Å². The highest BCUT2D eigenvalue weighted by molar-refractivity contribution is 6.21. The zero-order chi connectivity index (χ0) is 26.7. The number of Topliss-reactive ketones (excluding diaryl/α,β-unsaturated/α-hetero) is 1. The number of nitrogens with one attached hydrogen (secondary N) is 1. The van der Waals surface area contributed by atoms with E-state index in [2.05, 4.69) is 0 Å². The van der Waals surface area contributed by atoms with Crippen LogP contribution in [0.3, 0.4) is 0 Å². The van der Waals surface area contributed by atoms with E-state index >= 15 is 0 Å². The molecule has 1 unspecified atom stereocenters. The number of allylic oxidation sites excluding steroid dienone is 1. The van der Waals surface area contributed by atoms with Crippen molar-refractivity contribution >= 4 is 23.3 Å². The molecular weight excluding hydrogens is 490 g/mol. The van der Waals surface area contributed by atoms with E-state index in [9.17, 15) is 40.7 Å². The van der Waals surface area contributed by atoms with Gasteiger partial charge in [0.1, 0.15) is 0 Å². The number of alkyl halides is 6. The molecule has 0 bridgehead atoms. The van der Waals surface area contributed by atoms with Crippen LogP contribution in [0.5, 0.6) is 0 Å². The second-order valence-electron chi connectivity index (χ2n) is 9.52. The molecule has 36 heavy (non-hydrogen) atoms. The topological polar surface area (TPSA) is 66.5 Å². The van der Waals surface area contributed by atoms with Crippen LogP contribution in [0, 0.1) is 5.41 Å². The van der Waals surface area contributed by atoms with Crippen molar-refractivity contribution in [2.24, 2.45) is 5.41 Å². The molecule has 0 spiro atoms. The Labute approximate surface area is 201 Å². The summed E-state index contributed by atoms with van der Waals surface area (Å²) in [5, 5.41) is 1.78. The molecule has 2 aromatic carbocycles. The van der Waals surface area contributed by atoms with Gasteiger partial charge in [-0.25, -0.2) is 0 Å². The van der Waals surface area contributed by atoms with Gasteiger partial charge >= 0.3 is 12.4 Å². The van der Waals surface area contributed by atoms with Crippen molar-refractivity contribution in [1.29, 1.82) is 0 Å². The lowest BCUT2D eigenvalue weighted by atomic mass is 9.72. The molecular formula is C25H20F6N2O3. The average molecular weight is 510 g/mol. The monoisotopic (exact) mass is 510 g/mol. The van der Waals surface area contributed by atoms with Crippen molar-refractivity contribution in [2.75, 3.05) is 4.90 Å². The van der Waals surface area contributed by atoms with Crippen LogP contribution in [-0.4, -0.2) is 29.3 Å². The first-order valence-corrected chi connectivity index (χ1v) is 10.8. The van der Waals surface area contributed by atoms with Crippen LogP contribution in [0.25, 0.3) is 0 Å². The van der Waals surface area contributed by atoms with Crippen molar-refractivity contribution < 1.29 is 40.7 Å². The summed E-state index contributed by atoms with van der Waals surface area (Å²) in [5.41, 5.74) is -7.28. The maximum atomic E-state index is 14.8. The van der Waals surface area contributed by atoms with Gasteiger partial charge in [-0.15, -0.1) is 0 Å². The Morgan fingerprint density at radius 1 is 0.889 bits per heavy atom. The third kappa shape index (κ3) is 4.06. The molecule has 2 aromatic rings. The zero-order valence-corrected chi connectivity index (χ0v) is 19.1. The van der Waals surface area contributed by atoms with E-state index in [-0.39, 0.29) is 29.8 Å². The van der Waals surface area contributed by atoms with E-state index in [1.165, 1.54) is 30.3 Å². The Balaban J connectivity index is 1.92. The Morgan fingerprint density at radius 3 is 2.00 bits per heavy atom. The number of hydrogen-bond donors (Lipinski definition) is 1. The number of anilines is 1.